The van der Waals surface area contributed by atoms with E-state index in [9.17, 15) is 0 Å². The number of methoxy groups -OCH3 is 1. The van der Waals surface area contributed by atoms with Crippen molar-refractivity contribution in [3.05, 3.63) is 28.2 Å². The van der Waals surface area contributed by atoms with E-state index < -0.39 is 0 Å². The lowest BCUT2D eigenvalue weighted by Gasteiger charge is -2.45. The van der Waals surface area contributed by atoms with Gasteiger partial charge in [0.2, 0.25) is 0 Å². The lowest BCUT2D eigenvalue weighted by atomic mass is 9.96. The summed E-state index contributed by atoms with van der Waals surface area (Å²) >= 11 is 3.60. The quantitative estimate of drug-likeness (QED) is 0.898. The number of halogens is 1. The van der Waals surface area contributed by atoms with Gasteiger partial charge in [0, 0.05) is 31.2 Å². The molecule has 2 aliphatic rings. The van der Waals surface area contributed by atoms with Gasteiger partial charge in [-0.25, -0.2) is 0 Å². The molecule has 1 aromatic carbocycles. The van der Waals surface area contributed by atoms with Crippen molar-refractivity contribution in [2.24, 2.45) is 5.92 Å². The van der Waals surface area contributed by atoms with E-state index in [1.165, 1.54) is 18.4 Å². The van der Waals surface area contributed by atoms with E-state index in [1.54, 1.807) is 7.11 Å². The monoisotopic (exact) mass is 352 g/mol. The second-order valence-corrected chi connectivity index (χ2v) is 7.90. The summed E-state index contributed by atoms with van der Waals surface area (Å²) in [6.45, 7) is 7.85. The van der Waals surface area contributed by atoms with Crippen LogP contribution in [0.3, 0.4) is 0 Å². The van der Waals surface area contributed by atoms with E-state index in [0.717, 1.165) is 35.8 Å². The SMILES string of the molecule is COc1ccc(CN2CC(C)(C)NCC2C2CC2)cc1Br. The molecule has 1 atom stereocenters. The molecule has 1 aromatic rings. The fourth-order valence-electron chi connectivity index (χ4n) is 3.35. The first-order valence-electron chi connectivity index (χ1n) is 7.80. The summed E-state index contributed by atoms with van der Waals surface area (Å²) < 4.78 is 6.36. The Hall–Kier alpha value is -0.580. The second kappa shape index (κ2) is 5.90. The summed E-state index contributed by atoms with van der Waals surface area (Å²) in [5.41, 5.74) is 1.56. The van der Waals surface area contributed by atoms with Crippen molar-refractivity contribution >= 4 is 15.9 Å². The van der Waals surface area contributed by atoms with Crippen LogP contribution in [0.25, 0.3) is 0 Å². The minimum absolute atomic E-state index is 0.203. The highest BCUT2D eigenvalue weighted by Crippen LogP contribution is 2.38. The average molecular weight is 353 g/mol. The molecule has 1 unspecified atom stereocenters. The summed E-state index contributed by atoms with van der Waals surface area (Å²) in [6, 6.07) is 7.12. The van der Waals surface area contributed by atoms with Crippen LogP contribution < -0.4 is 10.1 Å². The lowest BCUT2D eigenvalue weighted by Crippen LogP contribution is -2.61. The molecular weight excluding hydrogens is 328 g/mol. The molecule has 1 aliphatic heterocycles. The van der Waals surface area contributed by atoms with Gasteiger partial charge in [-0.05, 0) is 66.2 Å². The molecule has 21 heavy (non-hydrogen) atoms. The molecule has 3 nitrogen and oxygen atoms in total. The van der Waals surface area contributed by atoms with Gasteiger partial charge in [-0.1, -0.05) is 6.07 Å². The molecule has 0 aromatic heterocycles. The van der Waals surface area contributed by atoms with Gasteiger partial charge >= 0.3 is 0 Å². The van der Waals surface area contributed by atoms with Gasteiger partial charge in [0.05, 0.1) is 11.6 Å². The highest BCUT2D eigenvalue weighted by atomic mass is 79.9. The van der Waals surface area contributed by atoms with Gasteiger partial charge in [0.25, 0.3) is 0 Å². The van der Waals surface area contributed by atoms with Crippen LogP contribution in [0.4, 0.5) is 0 Å². The minimum atomic E-state index is 0.203. The molecule has 1 N–H and O–H groups in total. The third kappa shape index (κ3) is 3.61. The smallest absolute Gasteiger partial charge is 0.133 e. The first-order valence-corrected chi connectivity index (χ1v) is 8.59. The molecule has 0 amide bonds. The number of nitrogens with zero attached hydrogens (tertiary/aromatic N) is 1. The third-order valence-corrected chi connectivity index (χ3v) is 5.24. The lowest BCUT2D eigenvalue weighted by molar-refractivity contribution is 0.0759. The van der Waals surface area contributed by atoms with Crippen molar-refractivity contribution in [2.45, 2.75) is 44.8 Å². The molecule has 1 saturated heterocycles. The van der Waals surface area contributed by atoms with E-state index >= 15 is 0 Å². The summed E-state index contributed by atoms with van der Waals surface area (Å²) in [4.78, 5) is 2.67. The zero-order valence-corrected chi connectivity index (χ0v) is 14.7. The van der Waals surface area contributed by atoms with Crippen LogP contribution in [0.5, 0.6) is 5.75 Å². The molecule has 4 heteroatoms. The summed E-state index contributed by atoms with van der Waals surface area (Å²) in [6.07, 6.45) is 2.80. The summed E-state index contributed by atoms with van der Waals surface area (Å²) in [5, 5.41) is 3.70. The van der Waals surface area contributed by atoms with Crippen LogP contribution in [-0.2, 0) is 6.54 Å². The molecule has 1 saturated carbocycles. The van der Waals surface area contributed by atoms with E-state index in [4.69, 9.17) is 4.74 Å². The largest absolute Gasteiger partial charge is 0.496 e. The first kappa shape index (κ1) is 15.3. The predicted molar refractivity (Wildman–Crippen MR) is 89.7 cm³/mol. The van der Waals surface area contributed by atoms with E-state index in [0.29, 0.717) is 6.04 Å². The fourth-order valence-corrected chi connectivity index (χ4v) is 3.94. The maximum atomic E-state index is 5.32. The Kier molecular flexibility index (Phi) is 4.30. The van der Waals surface area contributed by atoms with Crippen LogP contribution in [0.15, 0.2) is 22.7 Å². The Labute approximate surface area is 136 Å². The van der Waals surface area contributed by atoms with E-state index in [2.05, 4.69) is 58.2 Å². The summed E-state index contributed by atoms with van der Waals surface area (Å²) in [7, 11) is 1.71. The van der Waals surface area contributed by atoms with E-state index in [1.807, 2.05) is 0 Å². The average Bonchev–Trinajstić information content (AvgIpc) is 3.22. The van der Waals surface area contributed by atoms with Crippen LogP contribution >= 0.6 is 15.9 Å². The number of rotatable bonds is 4. The molecular formula is C17H25BrN2O. The van der Waals surface area contributed by atoms with E-state index in [-0.39, 0.29) is 5.54 Å². The Bertz CT molecular complexity index is 514. The van der Waals surface area contributed by atoms with Crippen molar-refractivity contribution in [3.8, 4) is 5.75 Å². The number of ether oxygens (including phenoxy) is 1. The molecule has 0 bridgehead atoms. The maximum absolute atomic E-state index is 5.32. The Balaban J connectivity index is 1.75. The van der Waals surface area contributed by atoms with Crippen LogP contribution in [0.1, 0.15) is 32.3 Å². The molecule has 1 aliphatic carbocycles. The van der Waals surface area contributed by atoms with Crippen LogP contribution in [0, 0.1) is 5.92 Å². The Morgan fingerprint density at radius 1 is 1.38 bits per heavy atom. The third-order valence-electron chi connectivity index (χ3n) is 4.63. The number of benzene rings is 1. The minimum Gasteiger partial charge on any atom is -0.496 e. The van der Waals surface area contributed by atoms with Gasteiger partial charge in [-0.2, -0.15) is 0 Å². The van der Waals surface area contributed by atoms with Crippen molar-refractivity contribution < 1.29 is 4.74 Å². The fraction of sp³-hybridized carbons (Fsp3) is 0.647. The maximum Gasteiger partial charge on any atom is 0.133 e. The van der Waals surface area contributed by atoms with Gasteiger partial charge in [0.1, 0.15) is 5.75 Å². The van der Waals surface area contributed by atoms with Gasteiger partial charge < -0.3 is 10.1 Å². The second-order valence-electron chi connectivity index (χ2n) is 7.04. The van der Waals surface area contributed by atoms with Gasteiger partial charge in [0.15, 0.2) is 0 Å². The van der Waals surface area contributed by atoms with Gasteiger partial charge in [-0.15, -0.1) is 0 Å². The Morgan fingerprint density at radius 2 is 2.14 bits per heavy atom. The zero-order chi connectivity index (χ0) is 15.0. The standard InChI is InChI=1S/C17H25BrN2O/c1-17(2)11-20(15(9-19-17)13-5-6-13)10-12-4-7-16(21-3)14(18)8-12/h4,7-8,13,15,19H,5-6,9-11H2,1-3H3. The zero-order valence-electron chi connectivity index (χ0n) is 13.2. The van der Waals surface area contributed by atoms with Crippen molar-refractivity contribution in [3.63, 3.8) is 0 Å². The molecule has 2 fully saturated rings. The van der Waals surface area contributed by atoms with Gasteiger partial charge in [-0.3, -0.25) is 4.90 Å². The van der Waals surface area contributed by atoms with Crippen molar-refractivity contribution in [1.82, 2.24) is 10.2 Å². The van der Waals surface area contributed by atoms with Crippen LogP contribution in [-0.4, -0.2) is 36.7 Å². The normalized spacial score (nSPS) is 25.8. The Morgan fingerprint density at radius 3 is 2.76 bits per heavy atom. The number of piperazine rings is 1. The highest BCUT2D eigenvalue weighted by Gasteiger charge is 2.40. The molecule has 3 rings (SSSR count). The van der Waals surface area contributed by atoms with Crippen molar-refractivity contribution in [1.29, 1.82) is 0 Å². The molecule has 1 heterocycles. The molecule has 116 valence electrons. The predicted octanol–water partition coefficient (Wildman–Crippen LogP) is 3.42. The molecule has 0 radical (unpaired) electrons. The topological polar surface area (TPSA) is 24.5 Å². The molecule has 0 spiro atoms. The summed E-state index contributed by atoms with van der Waals surface area (Å²) in [5.74, 6) is 1.80. The van der Waals surface area contributed by atoms with Crippen LogP contribution in [0.2, 0.25) is 0 Å². The number of hydrogen-bond donors (Lipinski definition) is 1. The van der Waals surface area contributed by atoms with Crippen molar-refractivity contribution in [2.75, 3.05) is 20.2 Å². The highest BCUT2D eigenvalue weighted by molar-refractivity contribution is 9.10. The number of nitrogens with one attached hydrogen (secondary N) is 1. The first-order chi connectivity index (χ1) is 9.98. The number of hydrogen-bond acceptors (Lipinski definition) is 3.